The van der Waals surface area contributed by atoms with Gasteiger partial charge in [0, 0.05) is 6.20 Å². The van der Waals surface area contributed by atoms with Gasteiger partial charge in [-0.25, -0.2) is 9.78 Å². The van der Waals surface area contributed by atoms with Crippen LogP contribution in [0, 0.1) is 6.92 Å². The third-order valence-electron chi connectivity index (χ3n) is 3.18. The number of nitrogens with zero attached hydrogens (tertiary/aromatic N) is 2. The number of hydrogen-bond acceptors (Lipinski definition) is 6. The van der Waals surface area contributed by atoms with E-state index in [4.69, 9.17) is 9.47 Å². The number of carbonyl (C=O) groups is 1. The average molecular weight is 368 g/mol. The van der Waals surface area contributed by atoms with E-state index in [1.54, 1.807) is 6.92 Å². The highest BCUT2D eigenvalue weighted by atomic mass is 19.4. The first kappa shape index (κ1) is 19.2. The van der Waals surface area contributed by atoms with Crippen LogP contribution in [0.2, 0.25) is 0 Å². The molecule has 0 aliphatic heterocycles. The Bertz CT molecular complexity index is 835. The van der Waals surface area contributed by atoms with E-state index in [-0.39, 0.29) is 22.8 Å². The number of aryl methyl sites for hydroxylation is 1. The quantitative estimate of drug-likeness (QED) is 0.455. The number of esters is 1. The summed E-state index contributed by atoms with van der Waals surface area (Å²) in [4.78, 5) is 20.0. The second-order valence-corrected chi connectivity index (χ2v) is 5.02. The fourth-order valence-corrected chi connectivity index (χ4v) is 2.01. The molecule has 0 aliphatic carbocycles. The standard InChI is InChI=1S/C17H15F3N2O4/c1-10-21-8-13(14(9-24-2)16(23)25-3)15(22-10)26-12-6-4-5-11(7-12)17(18,19)20/h4-9H,1-3H3. The summed E-state index contributed by atoms with van der Waals surface area (Å²) in [6, 6.07) is 4.30. The lowest BCUT2D eigenvalue weighted by molar-refractivity contribution is -0.137. The number of carbonyl (C=O) groups excluding carboxylic acids is 1. The smallest absolute Gasteiger partial charge is 0.416 e. The number of rotatable bonds is 5. The van der Waals surface area contributed by atoms with E-state index in [1.807, 2.05) is 0 Å². The zero-order chi connectivity index (χ0) is 19.3. The van der Waals surface area contributed by atoms with Gasteiger partial charge < -0.3 is 14.2 Å². The lowest BCUT2D eigenvalue weighted by Crippen LogP contribution is -2.08. The van der Waals surface area contributed by atoms with Crippen LogP contribution in [0.1, 0.15) is 17.0 Å². The van der Waals surface area contributed by atoms with Gasteiger partial charge in [0.1, 0.15) is 17.1 Å². The molecule has 0 radical (unpaired) electrons. The van der Waals surface area contributed by atoms with E-state index in [0.29, 0.717) is 5.82 Å². The number of hydrogen-bond donors (Lipinski definition) is 0. The number of benzene rings is 1. The number of ether oxygens (including phenoxy) is 3. The Labute approximate surface area is 147 Å². The van der Waals surface area contributed by atoms with Gasteiger partial charge in [0.25, 0.3) is 0 Å². The Morgan fingerprint density at radius 1 is 1.23 bits per heavy atom. The molecule has 1 aromatic carbocycles. The summed E-state index contributed by atoms with van der Waals surface area (Å²) in [5, 5.41) is 0. The van der Waals surface area contributed by atoms with Gasteiger partial charge in [-0.1, -0.05) is 6.07 Å². The van der Waals surface area contributed by atoms with Gasteiger partial charge in [-0.05, 0) is 25.1 Å². The molecular weight excluding hydrogens is 353 g/mol. The van der Waals surface area contributed by atoms with Crippen LogP contribution in [0.15, 0.2) is 36.7 Å². The molecule has 2 rings (SSSR count). The molecule has 0 atom stereocenters. The summed E-state index contributed by atoms with van der Waals surface area (Å²) in [6.07, 6.45) is -2.11. The topological polar surface area (TPSA) is 70.5 Å². The molecule has 0 saturated carbocycles. The van der Waals surface area contributed by atoms with E-state index in [1.165, 1.54) is 32.5 Å². The third-order valence-corrected chi connectivity index (χ3v) is 3.18. The molecule has 1 aromatic heterocycles. The van der Waals surface area contributed by atoms with Gasteiger partial charge >= 0.3 is 12.1 Å². The van der Waals surface area contributed by atoms with Gasteiger partial charge in [-0.15, -0.1) is 0 Å². The minimum absolute atomic E-state index is 0.0445. The molecule has 0 bridgehead atoms. The summed E-state index contributed by atoms with van der Waals surface area (Å²) < 4.78 is 53.6. The molecule has 0 N–H and O–H groups in total. The largest absolute Gasteiger partial charge is 0.503 e. The Balaban J connectivity index is 2.49. The minimum atomic E-state index is -4.52. The number of aromatic nitrogens is 2. The lowest BCUT2D eigenvalue weighted by Gasteiger charge is -2.13. The normalized spacial score (nSPS) is 11.8. The van der Waals surface area contributed by atoms with E-state index >= 15 is 0 Å². The molecule has 1 heterocycles. The summed E-state index contributed by atoms with van der Waals surface area (Å²) in [6.45, 7) is 1.57. The molecule has 26 heavy (non-hydrogen) atoms. The highest BCUT2D eigenvalue weighted by Gasteiger charge is 2.31. The van der Waals surface area contributed by atoms with Crippen molar-refractivity contribution < 1.29 is 32.2 Å². The van der Waals surface area contributed by atoms with Crippen LogP contribution < -0.4 is 4.74 Å². The van der Waals surface area contributed by atoms with Crippen LogP contribution >= 0.6 is 0 Å². The summed E-state index contributed by atoms with van der Waals surface area (Å²) >= 11 is 0. The van der Waals surface area contributed by atoms with Gasteiger partial charge in [0.15, 0.2) is 0 Å². The Hall–Kier alpha value is -3.10. The van der Waals surface area contributed by atoms with Crippen molar-refractivity contribution in [2.75, 3.05) is 14.2 Å². The molecule has 9 heteroatoms. The maximum Gasteiger partial charge on any atom is 0.416 e. The summed E-state index contributed by atoms with van der Waals surface area (Å²) in [5.74, 6) is -0.642. The van der Waals surface area contributed by atoms with Crippen molar-refractivity contribution in [3.63, 3.8) is 0 Å². The van der Waals surface area contributed by atoms with Crippen molar-refractivity contribution in [1.29, 1.82) is 0 Å². The molecule has 0 saturated heterocycles. The highest BCUT2D eigenvalue weighted by Crippen LogP contribution is 2.34. The molecule has 0 unspecified atom stereocenters. The van der Waals surface area contributed by atoms with Gasteiger partial charge in [-0.3, -0.25) is 0 Å². The Morgan fingerprint density at radius 3 is 2.58 bits per heavy atom. The molecule has 138 valence electrons. The lowest BCUT2D eigenvalue weighted by atomic mass is 10.1. The minimum Gasteiger partial charge on any atom is -0.503 e. The van der Waals surface area contributed by atoms with Gasteiger partial charge in [-0.2, -0.15) is 18.2 Å². The van der Waals surface area contributed by atoms with Crippen LogP contribution in [-0.2, 0) is 20.4 Å². The van der Waals surface area contributed by atoms with Gasteiger partial charge in [0.05, 0.1) is 31.6 Å². The summed E-state index contributed by atoms with van der Waals surface area (Å²) in [7, 11) is 2.50. The van der Waals surface area contributed by atoms with Crippen LogP contribution in [-0.4, -0.2) is 30.2 Å². The molecule has 0 aliphatic rings. The van der Waals surface area contributed by atoms with Crippen LogP contribution in [0.5, 0.6) is 11.6 Å². The van der Waals surface area contributed by atoms with E-state index < -0.39 is 17.7 Å². The van der Waals surface area contributed by atoms with Crippen LogP contribution in [0.3, 0.4) is 0 Å². The third kappa shape index (κ3) is 4.50. The molecule has 0 spiro atoms. The van der Waals surface area contributed by atoms with E-state index in [9.17, 15) is 18.0 Å². The molecule has 6 nitrogen and oxygen atoms in total. The zero-order valence-corrected chi connectivity index (χ0v) is 14.1. The van der Waals surface area contributed by atoms with E-state index in [0.717, 1.165) is 18.4 Å². The fraction of sp³-hybridized carbons (Fsp3) is 0.235. The molecule has 0 amide bonds. The first-order chi connectivity index (χ1) is 12.3. The van der Waals surface area contributed by atoms with Crippen molar-refractivity contribution >= 4 is 11.5 Å². The van der Waals surface area contributed by atoms with Crippen molar-refractivity contribution in [3.05, 3.63) is 53.7 Å². The van der Waals surface area contributed by atoms with Crippen molar-refractivity contribution in [2.24, 2.45) is 0 Å². The second kappa shape index (κ2) is 7.85. The zero-order valence-electron chi connectivity index (χ0n) is 14.1. The van der Waals surface area contributed by atoms with Crippen molar-refractivity contribution in [2.45, 2.75) is 13.1 Å². The maximum atomic E-state index is 12.9. The predicted molar refractivity (Wildman–Crippen MR) is 85.3 cm³/mol. The number of methoxy groups -OCH3 is 2. The van der Waals surface area contributed by atoms with Crippen molar-refractivity contribution in [3.8, 4) is 11.6 Å². The average Bonchev–Trinajstić information content (AvgIpc) is 2.59. The molecular formula is C17H15F3N2O4. The van der Waals surface area contributed by atoms with E-state index in [2.05, 4.69) is 14.7 Å². The number of alkyl halides is 3. The number of halogens is 3. The first-order valence-electron chi connectivity index (χ1n) is 7.26. The summed E-state index contributed by atoms with van der Waals surface area (Å²) in [5.41, 5.74) is -0.804. The molecule has 0 fully saturated rings. The fourth-order valence-electron chi connectivity index (χ4n) is 2.01. The highest BCUT2D eigenvalue weighted by molar-refractivity contribution is 6.16. The molecule has 2 aromatic rings. The SMILES string of the molecule is COC=C(C(=O)OC)c1cnc(C)nc1Oc1cccc(C(F)(F)F)c1. The van der Waals surface area contributed by atoms with Crippen LogP contribution in [0.4, 0.5) is 13.2 Å². The predicted octanol–water partition coefficient (Wildman–Crippen LogP) is 3.76. The Morgan fingerprint density at radius 2 is 1.96 bits per heavy atom. The second-order valence-electron chi connectivity index (χ2n) is 5.02. The van der Waals surface area contributed by atoms with Crippen LogP contribution in [0.25, 0.3) is 5.57 Å². The first-order valence-corrected chi connectivity index (χ1v) is 7.26. The van der Waals surface area contributed by atoms with Gasteiger partial charge in [0.2, 0.25) is 5.88 Å². The maximum absolute atomic E-state index is 12.9. The Kier molecular flexibility index (Phi) is 5.81. The monoisotopic (exact) mass is 368 g/mol. The van der Waals surface area contributed by atoms with Crippen molar-refractivity contribution in [1.82, 2.24) is 9.97 Å².